The third-order valence-electron chi connectivity index (χ3n) is 7.18. The first-order valence-corrected chi connectivity index (χ1v) is 14.7. The lowest BCUT2D eigenvalue weighted by atomic mass is 9.98. The molecule has 232 valence electrons. The number of H-pyrrole nitrogens is 1. The summed E-state index contributed by atoms with van der Waals surface area (Å²) >= 11 is 5.83. The number of aryl methyl sites for hydroxylation is 1. The molecule has 1 aromatic carbocycles. The minimum absolute atomic E-state index is 0.163. The van der Waals surface area contributed by atoms with Crippen LogP contribution in [0.15, 0.2) is 47.7 Å². The van der Waals surface area contributed by atoms with Crippen LogP contribution < -0.4 is 20.7 Å². The average molecular weight is 627 g/mol. The van der Waals surface area contributed by atoms with Gasteiger partial charge in [-0.05, 0) is 51.8 Å². The van der Waals surface area contributed by atoms with Gasteiger partial charge in [0.25, 0.3) is 5.56 Å². The zero-order valence-corrected chi connectivity index (χ0v) is 25.6. The van der Waals surface area contributed by atoms with Gasteiger partial charge in [0, 0.05) is 73.1 Å². The van der Waals surface area contributed by atoms with Gasteiger partial charge in [0.05, 0.1) is 17.6 Å². The maximum atomic E-state index is 14.9. The zero-order chi connectivity index (χ0) is 31.8. The Kier molecular flexibility index (Phi) is 8.64. The van der Waals surface area contributed by atoms with E-state index in [1.54, 1.807) is 63.3 Å². The maximum Gasteiger partial charge on any atom is 0.414 e. The second kappa shape index (κ2) is 12.3. The highest BCUT2D eigenvalue weighted by molar-refractivity contribution is 6.17. The molecule has 2 N–H and O–H groups in total. The SMILES string of the molecule is Cn1cc(-c2cc3c(cc2Nc2ncc(F)cc2F)N(C(=O)CCCCCl)CCN3C(=O)OC(C)(C)C)c2cc[nH]c2c1=O. The zero-order valence-electron chi connectivity index (χ0n) is 24.8. The molecule has 3 aromatic heterocycles. The lowest BCUT2D eigenvalue weighted by molar-refractivity contribution is -0.118. The standard InChI is InChI=1S/C31H33ClF2N6O4/c1-31(2,3)44-30(43)40-12-11-39(26(41)7-5-6-9-32)25-15-23(37-28-22(34)13-18(33)16-36-28)20(14-24(25)40)21-17-38(4)29(42)27-19(21)8-10-35-27/h8,10,13-17,35H,5-7,9,11-12H2,1-4H3,(H,36,37). The van der Waals surface area contributed by atoms with Gasteiger partial charge in [0.1, 0.15) is 16.9 Å². The van der Waals surface area contributed by atoms with Gasteiger partial charge in [0.15, 0.2) is 11.6 Å². The molecular formula is C31H33ClF2N6O4. The summed E-state index contributed by atoms with van der Waals surface area (Å²) in [6.45, 7) is 5.64. The summed E-state index contributed by atoms with van der Waals surface area (Å²) in [6.07, 6.45) is 5.05. The van der Waals surface area contributed by atoms with Crippen molar-refractivity contribution in [1.29, 1.82) is 0 Å². The average Bonchev–Trinajstić information content (AvgIpc) is 3.45. The Morgan fingerprint density at radius 1 is 1.09 bits per heavy atom. The van der Waals surface area contributed by atoms with E-state index < -0.39 is 23.3 Å². The van der Waals surface area contributed by atoms with Gasteiger partial charge in [-0.25, -0.2) is 18.6 Å². The Balaban J connectivity index is 1.75. The van der Waals surface area contributed by atoms with Crippen LogP contribution in [0.3, 0.4) is 0 Å². The van der Waals surface area contributed by atoms with Crippen molar-refractivity contribution in [1.82, 2.24) is 14.5 Å². The van der Waals surface area contributed by atoms with Crippen LogP contribution in [0.4, 0.5) is 36.5 Å². The number of anilines is 4. The molecular weight excluding hydrogens is 594 g/mol. The number of carbonyl (C=O) groups excluding carboxylic acids is 2. The molecule has 0 atom stereocenters. The first kappa shape index (κ1) is 31.0. The number of hydrogen-bond acceptors (Lipinski definition) is 6. The van der Waals surface area contributed by atoms with Crippen molar-refractivity contribution in [3.63, 3.8) is 0 Å². The normalized spacial score (nSPS) is 13.2. The van der Waals surface area contributed by atoms with Crippen molar-refractivity contribution in [2.24, 2.45) is 7.05 Å². The first-order valence-electron chi connectivity index (χ1n) is 14.2. The minimum atomic E-state index is -0.926. The summed E-state index contributed by atoms with van der Waals surface area (Å²) in [7, 11) is 1.60. The number of amides is 2. The highest BCUT2D eigenvalue weighted by Crippen LogP contribution is 2.44. The second-order valence-corrected chi connectivity index (χ2v) is 11.9. The van der Waals surface area contributed by atoms with Crippen LogP contribution in [0, 0.1) is 11.6 Å². The minimum Gasteiger partial charge on any atom is -0.443 e. The number of unbranched alkanes of at least 4 members (excludes halogenated alkanes) is 1. The Bertz CT molecular complexity index is 1800. The number of benzene rings is 1. The van der Waals surface area contributed by atoms with E-state index in [0.29, 0.717) is 63.9 Å². The van der Waals surface area contributed by atoms with E-state index >= 15 is 0 Å². The van der Waals surface area contributed by atoms with Gasteiger partial charge in [-0.15, -0.1) is 11.6 Å². The van der Waals surface area contributed by atoms with E-state index in [9.17, 15) is 23.2 Å². The van der Waals surface area contributed by atoms with Crippen LogP contribution >= 0.6 is 11.6 Å². The van der Waals surface area contributed by atoms with Gasteiger partial charge in [-0.1, -0.05) is 0 Å². The molecule has 0 spiro atoms. The predicted molar refractivity (Wildman–Crippen MR) is 167 cm³/mol. The Hall–Kier alpha value is -4.45. The van der Waals surface area contributed by atoms with Crippen molar-refractivity contribution in [3.05, 3.63) is 64.8 Å². The highest BCUT2D eigenvalue weighted by Gasteiger charge is 2.34. The molecule has 0 saturated heterocycles. The number of aromatic nitrogens is 3. The number of aromatic amines is 1. The van der Waals surface area contributed by atoms with E-state index in [-0.39, 0.29) is 36.8 Å². The lowest BCUT2D eigenvalue weighted by Gasteiger charge is -2.38. The molecule has 0 fully saturated rings. The van der Waals surface area contributed by atoms with Crippen LogP contribution in [0.2, 0.25) is 0 Å². The quantitative estimate of drug-likeness (QED) is 0.180. The fourth-order valence-electron chi connectivity index (χ4n) is 5.17. The van der Waals surface area contributed by atoms with Gasteiger partial charge in [-0.2, -0.15) is 0 Å². The third kappa shape index (κ3) is 6.26. The second-order valence-electron chi connectivity index (χ2n) is 11.5. The Morgan fingerprint density at radius 2 is 1.82 bits per heavy atom. The number of nitrogens with one attached hydrogen (secondary N) is 2. The predicted octanol–water partition coefficient (Wildman–Crippen LogP) is 6.45. The van der Waals surface area contributed by atoms with Crippen molar-refractivity contribution < 1.29 is 23.1 Å². The van der Waals surface area contributed by atoms with E-state index in [0.717, 1.165) is 6.20 Å². The van der Waals surface area contributed by atoms with Crippen LogP contribution in [0.1, 0.15) is 40.0 Å². The summed E-state index contributed by atoms with van der Waals surface area (Å²) in [5.41, 5.74) is 1.45. The van der Waals surface area contributed by atoms with E-state index in [1.165, 1.54) is 9.47 Å². The van der Waals surface area contributed by atoms with Gasteiger partial charge in [-0.3, -0.25) is 14.5 Å². The number of alkyl halides is 1. The molecule has 4 aromatic rings. The van der Waals surface area contributed by atoms with Crippen molar-refractivity contribution in [3.8, 4) is 11.1 Å². The van der Waals surface area contributed by atoms with Crippen molar-refractivity contribution in [2.45, 2.75) is 45.6 Å². The largest absolute Gasteiger partial charge is 0.443 e. The molecule has 10 nitrogen and oxygen atoms in total. The summed E-state index contributed by atoms with van der Waals surface area (Å²) < 4.78 is 35.7. The number of hydrogen-bond donors (Lipinski definition) is 2. The molecule has 1 aliphatic heterocycles. The highest BCUT2D eigenvalue weighted by atomic mass is 35.5. The number of ether oxygens (including phenoxy) is 1. The molecule has 4 heterocycles. The number of fused-ring (bicyclic) bond motifs is 2. The monoisotopic (exact) mass is 626 g/mol. The van der Waals surface area contributed by atoms with Gasteiger partial charge >= 0.3 is 6.09 Å². The van der Waals surface area contributed by atoms with Crippen molar-refractivity contribution >= 4 is 57.4 Å². The summed E-state index contributed by atoms with van der Waals surface area (Å²) in [6, 6.07) is 5.79. The molecule has 0 saturated carbocycles. The van der Waals surface area contributed by atoms with E-state index in [2.05, 4.69) is 15.3 Å². The third-order valence-corrected chi connectivity index (χ3v) is 7.45. The fourth-order valence-corrected chi connectivity index (χ4v) is 5.35. The first-order chi connectivity index (χ1) is 20.9. The molecule has 13 heteroatoms. The molecule has 44 heavy (non-hydrogen) atoms. The van der Waals surface area contributed by atoms with Crippen LogP contribution in [-0.4, -0.2) is 51.1 Å². The summed E-state index contributed by atoms with van der Waals surface area (Å²) in [5.74, 6) is -1.75. The molecule has 1 aliphatic rings. The molecule has 0 bridgehead atoms. The smallest absolute Gasteiger partial charge is 0.414 e. The van der Waals surface area contributed by atoms with Crippen molar-refractivity contribution in [2.75, 3.05) is 34.1 Å². The van der Waals surface area contributed by atoms with Crippen LogP contribution in [0.5, 0.6) is 0 Å². The van der Waals surface area contributed by atoms with Gasteiger partial charge < -0.3 is 24.5 Å². The summed E-state index contributed by atoms with van der Waals surface area (Å²) in [4.78, 5) is 49.7. The molecule has 5 rings (SSSR count). The van der Waals surface area contributed by atoms with Gasteiger partial charge in [0.2, 0.25) is 5.91 Å². The van der Waals surface area contributed by atoms with Crippen LogP contribution in [0.25, 0.3) is 22.0 Å². The number of carbonyl (C=O) groups is 2. The fraction of sp³-hybridized carbons (Fsp3) is 0.355. The maximum absolute atomic E-state index is 14.9. The number of nitrogens with zero attached hydrogens (tertiary/aromatic N) is 4. The molecule has 0 aliphatic carbocycles. The lowest BCUT2D eigenvalue weighted by Crippen LogP contribution is -2.48. The number of rotatable bonds is 7. The molecule has 2 amide bonds. The molecule has 0 radical (unpaired) electrons. The Labute approximate surface area is 257 Å². The summed E-state index contributed by atoms with van der Waals surface area (Å²) in [5, 5.41) is 3.54. The molecule has 0 unspecified atom stereocenters. The van der Waals surface area contributed by atoms with E-state index in [4.69, 9.17) is 16.3 Å². The number of halogens is 3. The Morgan fingerprint density at radius 3 is 2.52 bits per heavy atom. The van der Waals surface area contributed by atoms with Crippen LogP contribution in [-0.2, 0) is 16.6 Å². The topological polar surface area (TPSA) is 113 Å². The van der Waals surface area contributed by atoms with E-state index in [1.807, 2.05) is 0 Å². The number of pyridine rings is 2.